The third kappa shape index (κ3) is 8.02. The summed E-state index contributed by atoms with van der Waals surface area (Å²) in [6.45, 7) is 6.57. The predicted molar refractivity (Wildman–Crippen MR) is 109 cm³/mol. The highest BCUT2D eigenvalue weighted by Crippen LogP contribution is 2.16. The predicted octanol–water partition coefficient (Wildman–Crippen LogP) is 2.01. The van der Waals surface area contributed by atoms with Crippen LogP contribution in [0.25, 0.3) is 0 Å². The van der Waals surface area contributed by atoms with Crippen molar-refractivity contribution in [3.63, 3.8) is 0 Å². The van der Waals surface area contributed by atoms with Crippen LogP contribution < -0.4 is 20.8 Å². The standard InChI is InChI=1S/C19H28N6O2/c1-3-7-21-17-13-18(24-19(23-17)27-11-9-20-8-10-26)25-22-14-16-6-4-5-15(2)12-16/h4-6,12-14,20,26H,3,7-11H2,1-2H3,(H2,21,23,24,25)/b22-14+. The number of aliphatic hydroxyl groups excluding tert-OH is 1. The molecule has 0 fully saturated rings. The highest BCUT2D eigenvalue weighted by molar-refractivity contribution is 5.80. The van der Waals surface area contributed by atoms with Crippen molar-refractivity contribution in [1.29, 1.82) is 0 Å². The molecular formula is C19H28N6O2. The van der Waals surface area contributed by atoms with Crippen LogP contribution >= 0.6 is 0 Å². The zero-order valence-corrected chi connectivity index (χ0v) is 15.9. The van der Waals surface area contributed by atoms with E-state index in [1.54, 1.807) is 12.3 Å². The number of benzene rings is 1. The topological polar surface area (TPSA) is 104 Å². The molecule has 0 bridgehead atoms. The van der Waals surface area contributed by atoms with E-state index in [9.17, 15) is 0 Å². The van der Waals surface area contributed by atoms with Crippen molar-refractivity contribution in [2.75, 3.05) is 43.6 Å². The number of aryl methyl sites for hydroxylation is 1. The van der Waals surface area contributed by atoms with Crippen LogP contribution in [0.2, 0.25) is 0 Å². The fraction of sp³-hybridized carbons (Fsp3) is 0.421. The van der Waals surface area contributed by atoms with Crippen LogP contribution in [-0.2, 0) is 0 Å². The van der Waals surface area contributed by atoms with Gasteiger partial charge in [-0.3, -0.25) is 5.43 Å². The number of aliphatic hydroxyl groups is 1. The fourth-order valence-electron chi connectivity index (χ4n) is 2.23. The van der Waals surface area contributed by atoms with Crippen molar-refractivity contribution in [3.8, 4) is 6.01 Å². The van der Waals surface area contributed by atoms with Crippen molar-refractivity contribution in [3.05, 3.63) is 41.5 Å². The Morgan fingerprint density at radius 2 is 2.00 bits per heavy atom. The van der Waals surface area contributed by atoms with Crippen LogP contribution in [0.3, 0.4) is 0 Å². The van der Waals surface area contributed by atoms with E-state index in [0.29, 0.717) is 31.3 Å². The third-order valence-electron chi connectivity index (χ3n) is 3.50. The number of nitrogens with one attached hydrogen (secondary N) is 3. The Kier molecular flexibility index (Phi) is 9.02. The van der Waals surface area contributed by atoms with Gasteiger partial charge in [0.05, 0.1) is 12.8 Å². The number of aromatic nitrogens is 2. The third-order valence-corrected chi connectivity index (χ3v) is 3.50. The minimum Gasteiger partial charge on any atom is -0.462 e. The van der Waals surface area contributed by atoms with E-state index in [4.69, 9.17) is 9.84 Å². The lowest BCUT2D eigenvalue weighted by Crippen LogP contribution is -2.24. The normalized spacial score (nSPS) is 10.9. The first-order valence-electron chi connectivity index (χ1n) is 9.14. The van der Waals surface area contributed by atoms with Crippen LogP contribution in [0.4, 0.5) is 11.6 Å². The molecule has 8 nitrogen and oxygen atoms in total. The first kappa shape index (κ1) is 20.6. The van der Waals surface area contributed by atoms with E-state index in [2.05, 4.69) is 38.1 Å². The molecule has 0 spiro atoms. The summed E-state index contributed by atoms with van der Waals surface area (Å²) in [6, 6.07) is 10.1. The Morgan fingerprint density at radius 1 is 1.15 bits per heavy atom. The van der Waals surface area contributed by atoms with Crippen LogP contribution in [0, 0.1) is 6.92 Å². The van der Waals surface area contributed by atoms with Gasteiger partial charge < -0.3 is 20.5 Å². The van der Waals surface area contributed by atoms with Crippen molar-refractivity contribution in [2.24, 2.45) is 5.10 Å². The second-order valence-electron chi connectivity index (χ2n) is 5.95. The summed E-state index contributed by atoms with van der Waals surface area (Å²) in [4.78, 5) is 8.69. The first-order chi connectivity index (χ1) is 13.2. The van der Waals surface area contributed by atoms with Gasteiger partial charge in [-0.15, -0.1) is 0 Å². The smallest absolute Gasteiger partial charge is 0.320 e. The zero-order chi connectivity index (χ0) is 19.3. The zero-order valence-electron chi connectivity index (χ0n) is 15.9. The molecule has 8 heteroatoms. The highest BCUT2D eigenvalue weighted by Gasteiger charge is 2.05. The second kappa shape index (κ2) is 11.8. The molecule has 0 aliphatic heterocycles. The minimum absolute atomic E-state index is 0.0972. The number of hydrogen-bond acceptors (Lipinski definition) is 8. The summed E-state index contributed by atoms with van der Waals surface area (Å²) in [5, 5.41) is 19.3. The molecule has 2 rings (SSSR count). The Hall–Kier alpha value is -2.71. The molecule has 1 aromatic heterocycles. The van der Waals surface area contributed by atoms with Crippen molar-refractivity contribution in [2.45, 2.75) is 20.3 Å². The second-order valence-corrected chi connectivity index (χ2v) is 5.95. The highest BCUT2D eigenvalue weighted by atomic mass is 16.5. The lowest BCUT2D eigenvalue weighted by molar-refractivity contribution is 0.267. The molecule has 0 saturated heterocycles. The molecule has 0 aliphatic rings. The van der Waals surface area contributed by atoms with Crippen LogP contribution in [0.15, 0.2) is 35.4 Å². The summed E-state index contributed by atoms with van der Waals surface area (Å²) in [7, 11) is 0. The van der Waals surface area contributed by atoms with Gasteiger partial charge in [0.2, 0.25) is 0 Å². The van der Waals surface area contributed by atoms with Crippen LogP contribution in [0.5, 0.6) is 6.01 Å². The lowest BCUT2D eigenvalue weighted by Gasteiger charge is -2.10. The summed E-state index contributed by atoms with van der Waals surface area (Å²) >= 11 is 0. The molecule has 4 N–H and O–H groups in total. The maximum atomic E-state index is 8.76. The summed E-state index contributed by atoms with van der Waals surface area (Å²) < 4.78 is 5.60. The maximum absolute atomic E-state index is 8.76. The Bertz CT molecular complexity index is 723. The van der Waals surface area contributed by atoms with Crippen molar-refractivity contribution < 1.29 is 9.84 Å². The lowest BCUT2D eigenvalue weighted by atomic mass is 10.2. The molecule has 27 heavy (non-hydrogen) atoms. The number of hydrazone groups is 1. The molecule has 0 saturated carbocycles. The average molecular weight is 372 g/mol. The molecule has 0 aliphatic carbocycles. The van der Waals surface area contributed by atoms with Gasteiger partial charge in [0.25, 0.3) is 0 Å². The summed E-state index contributed by atoms with van der Waals surface area (Å²) in [5.74, 6) is 1.23. The van der Waals surface area contributed by atoms with E-state index < -0.39 is 0 Å². The Labute approximate surface area is 160 Å². The van der Waals surface area contributed by atoms with Crippen molar-refractivity contribution in [1.82, 2.24) is 15.3 Å². The molecule has 0 radical (unpaired) electrons. The van der Waals surface area contributed by atoms with E-state index >= 15 is 0 Å². The SMILES string of the molecule is CCCNc1cc(N/N=C/c2cccc(C)c2)nc(OCCNCCO)n1. The number of rotatable bonds is 12. The molecule has 0 atom stereocenters. The molecule has 1 heterocycles. The number of anilines is 2. The van der Waals surface area contributed by atoms with Gasteiger partial charge in [0, 0.05) is 25.7 Å². The van der Waals surface area contributed by atoms with Gasteiger partial charge in [-0.1, -0.05) is 36.8 Å². The molecule has 146 valence electrons. The number of hydrogen-bond donors (Lipinski definition) is 4. The summed E-state index contributed by atoms with van der Waals surface area (Å²) in [6.07, 6.45) is 2.73. The van der Waals surface area contributed by atoms with Crippen molar-refractivity contribution >= 4 is 17.9 Å². The largest absolute Gasteiger partial charge is 0.462 e. The van der Waals surface area contributed by atoms with E-state index in [-0.39, 0.29) is 12.6 Å². The van der Waals surface area contributed by atoms with Gasteiger partial charge >= 0.3 is 6.01 Å². The number of nitrogens with zero attached hydrogens (tertiary/aromatic N) is 3. The quantitative estimate of drug-likeness (QED) is 0.257. The van der Waals surface area contributed by atoms with Gasteiger partial charge in [0.1, 0.15) is 12.4 Å². The van der Waals surface area contributed by atoms with Crippen LogP contribution in [0.1, 0.15) is 24.5 Å². The molecule has 0 amide bonds. The van der Waals surface area contributed by atoms with Gasteiger partial charge in [0.15, 0.2) is 5.82 Å². The average Bonchev–Trinajstić information content (AvgIpc) is 2.66. The van der Waals surface area contributed by atoms with E-state index in [1.165, 1.54) is 5.56 Å². The summed E-state index contributed by atoms with van der Waals surface area (Å²) in [5.41, 5.74) is 5.12. The first-order valence-corrected chi connectivity index (χ1v) is 9.14. The number of ether oxygens (including phenoxy) is 1. The molecule has 0 unspecified atom stereocenters. The Morgan fingerprint density at radius 3 is 2.78 bits per heavy atom. The minimum atomic E-state index is 0.0972. The van der Waals surface area contributed by atoms with Gasteiger partial charge in [-0.2, -0.15) is 15.1 Å². The monoisotopic (exact) mass is 372 g/mol. The molecular weight excluding hydrogens is 344 g/mol. The molecule has 1 aromatic carbocycles. The van der Waals surface area contributed by atoms with Gasteiger partial charge in [-0.05, 0) is 18.9 Å². The van der Waals surface area contributed by atoms with E-state index in [0.717, 1.165) is 18.5 Å². The van der Waals surface area contributed by atoms with Gasteiger partial charge in [-0.25, -0.2) is 0 Å². The fourth-order valence-corrected chi connectivity index (χ4v) is 2.23. The van der Waals surface area contributed by atoms with Crippen LogP contribution in [-0.4, -0.2) is 54.1 Å². The maximum Gasteiger partial charge on any atom is 0.320 e. The molecule has 2 aromatic rings. The Balaban J connectivity index is 2.00. The van der Waals surface area contributed by atoms with E-state index in [1.807, 2.05) is 31.2 Å².